The lowest BCUT2D eigenvalue weighted by molar-refractivity contribution is -0.139. The number of sulfonamides is 1. The zero-order valence-electron chi connectivity index (χ0n) is 22.5. The number of benzene rings is 3. The fourth-order valence-corrected chi connectivity index (χ4v) is 6.81. The van der Waals surface area contributed by atoms with E-state index in [4.69, 9.17) is 23.2 Å². The van der Waals surface area contributed by atoms with E-state index >= 15 is 0 Å². The monoisotopic (exact) mass is 601 g/mol. The first-order valence-electron chi connectivity index (χ1n) is 13.2. The predicted molar refractivity (Wildman–Crippen MR) is 159 cm³/mol. The molecule has 212 valence electrons. The second-order valence-electron chi connectivity index (χ2n) is 10.1. The number of hydrogen-bond acceptors (Lipinski definition) is 4. The highest BCUT2D eigenvalue weighted by molar-refractivity contribution is 7.92. The van der Waals surface area contributed by atoms with Crippen LogP contribution in [-0.2, 0) is 26.2 Å². The molecule has 0 bridgehead atoms. The van der Waals surface area contributed by atoms with E-state index in [0.717, 1.165) is 41.1 Å². The molecule has 1 fully saturated rings. The molecule has 1 saturated carbocycles. The average Bonchev–Trinajstić information content (AvgIpc) is 3.43. The van der Waals surface area contributed by atoms with E-state index < -0.39 is 28.5 Å². The predicted octanol–water partition coefficient (Wildman–Crippen LogP) is 5.97. The maximum absolute atomic E-state index is 14.0. The lowest BCUT2D eigenvalue weighted by Crippen LogP contribution is -2.52. The molecule has 10 heteroatoms. The van der Waals surface area contributed by atoms with Crippen LogP contribution in [0.2, 0.25) is 10.0 Å². The highest BCUT2D eigenvalue weighted by Crippen LogP contribution is 2.30. The summed E-state index contributed by atoms with van der Waals surface area (Å²) in [6.07, 6.45) is 3.92. The first-order chi connectivity index (χ1) is 19.1. The van der Waals surface area contributed by atoms with Crippen molar-refractivity contribution < 1.29 is 18.0 Å². The molecule has 1 atom stereocenters. The van der Waals surface area contributed by atoms with Gasteiger partial charge in [-0.05, 0) is 68.1 Å². The normalized spacial score (nSPS) is 14.5. The van der Waals surface area contributed by atoms with E-state index in [2.05, 4.69) is 5.32 Å². The summed E-state index contributed by atoms with van der Waals surface area (Å²) in [5.74, 6) is -0.801. The molecule has 0 heterocycles. The summed E-state index contributed by atoms with van der Waals surface area (Å²) in [5, 5.41) is 3.52. The van der Waals surface area contributed by atoms with Crippen LogP contribution < -0.4 is 9.62 Å². The molecule has 7 nitrogen and oxygen atoms in total. The quantitative estimate of drug-likeness (QED) is 0.310. The largest absolute Gasteiger partial charge is 0.352 e. The number of halogens is 2. The molecular formula is C30H33Cl2N3O4S. The van der Waals surface area contributed by atoms with E-state index in [-0.39, 0.29) is 39.1 Å². The number of carbonyl (C=O) groups excluding carboxylic acids is 2. The maximum atomic E-state index is 14.0. The van der Waals surface area contributed by atoms with Gasteiger partial charge >= 0.3 is 0 Å². The number of hydrogen-bond donors (Lipinski definition) is 1. The number of carbonyl (C=O) groups is 2. The van der Waals surface area contributed by atoms with Crippen LogP contribution in [0.3, 0.4) is 0 Å². The van der Waals surface area contributed by atoms with Crippen LogP contribution in [0.4, 0.5) is 5.69 Å². The Labute approximate surface area is 246 Å². The summed E-state index contributed by atoms with van der Waals surface area (Å²) in [6.45, 7) is 3.19. The smallest absolute Gasteiger partial charge is 0.264 e. The second-order valence-corrected chi connectivity index (χ2v) is 12.8. The van der Waals surface area contributed by atoms with Crippen molar-refractivity contribution in [3.8, 4) is 0 Å². The Bertz CT molecular complexity index is 1440. The molecule has 2 amide bonds. The van der Waals surface area contributed by atoms with Gasteiger partial charge in [-0.15, -0.1) is 0 Å². The fourth-order valence-electron chi connectivity index (χ4n) is 4.88. The summed E-state index contributed by atoms with van der Waals surface area (Å²) < 4.78 is 28.7. The topological polar surface area (TPSA) is 86.8 Å². The summed E-state index contributed by atoms with van der Waals surface area (Å²) in [6, 6.07) is 19.1. The first-order valence-corrected chi connectivity index (χ1v) is 15.4. The van der Waals surface area contributed by atoms with E-state index in [1.807, 2.05) is 31.2 Å². The van der Waals surface area contributed by atoms with Gasteiger partial charge in [0.25, 0.3) is 10.0 Å². The standard InChI is InChI=1S/C30H33Cl2N3O4S/c1-21-10-6-7-11-23(21)19-34(22(2)30(37)33-26-12-8-9-13-26)29(36)20-35(27-17-24(31)16-25(32)18-27)40(38,39)28-14-4-3-5-15-28/h3-7,10-11,14-18,22,26H,8-9,12-13,19-20H2,1-2H3,(H,33,37)/t22-/m0/s1. The Kier molecular flexibility index (Phi) is 9.77. The molecule has 0 saturated heterocycles. The zero-order chi connectivity index (χ0) is 28.9. The van der Waals surface area contributed by atoms with Crippen molar-refractivity contribution in [2.75, 3.05) is 10.8 Å². The van der Waals surface area contributed by atoms with Crippen molar-refractivity contribution >= 4 is 50.7 Å². The minimum atomic E-state index is -4.19. The Morgan fingerprint density at radius 1 is 0.950 bits per heavy atom. The third-order valence-electron chi connectivity index (χ3n) is 7.22. The third-order valence-corrected chi connectivity index (χ3v) is 9.44. The van der Waals surface area contributed by atoms with E-state index in [0.29, 0.717) is 0 Å². The Morgan fingerprint density at radius 3 is 2.17 bits per heavy atom. The van der Waals surface area contributed by atoms with Gasteiger partial charge < -0.3 is 10.2 Å². The van der Waals surface area contributed by atoms with Gasteiger partial charge in [0.1, 0.15) is 12.6 Å². The SMILES string of the molecule is Cc1ccccc1CN(C(=O)CN(c1cc(Cl)cc(Cl)c1)S(=O)(=O)c1ccccc1)[C@@H](C)C(=O)NC1CCCC1. The first kappa shape index (κ1) is 29.9. The second kappa shape index (κ2) is 13.1. The van der Waals surface area contributed by atoms with Gasteiger partial charge in [-0.3, -0.25) is 13.9 Å². The Balaban J connectivity index is 1.71. The van der Waals surface area contributed by atoms with E-state index in [9.17, 15) is 18.0 Å². The molecule has 0 unspecified atom stereocenters. The van der Waals surface area contributed by atoms with Crippen molar-refractivity contribution in [3.63, 3.8) is 0 Å². The van der Waals surface area contributed by atoms with Crippen LogP contribution in [0.15, 0.2) is 77.7 Å². The lowest BCUT2D eigenvalue weighted by atomic mass is 10.1. The molecule has 1 aliphatic carbocycles. The number of anilines is 1. The fraction of sp³-hybridized carbons (Fsp3) is 0.333. The summed E-state index contributed by atoms with van der Waals surface area (Å²) in [5.41, 5.74) is 1.97. The molecule has 1 aliphatic rings. The summed E-state index contributed by atoms with van der Waals surface area (Å²) >= 11 is 12.5. The van der Waals surface area contributed by atoms with Gasteiger partial charge in [-0.25, -0.2) is 8.42 Å². The lowest BCUT2D eigenvalue weighted by Gasteiger charge is -2.33. The van der Waals surface area contributed by atoms with E-state index in [1.165, 1.54) is 35.2 Å². The molecule has 40 heavy (non-hydrogen) atoms. The molecule has 0 aliphatic heterocycles. The molecule has 0 radical (unpaired) electrons. The van der Waals surface area contributed by atoms with Crippen molar-refractivity contribution in [2.45, 2.75) is 63.1 Å². The highest BCUT2D eigenvalue weighted by Gasteiger charge is 2.33. The van der Waals surface area contributed by atoms with E-state index in [1.54, 1.807) is 25.1 Å². The zero-order valence-corrected chi connectivity index (χ0v) is 24.8. The molecule has 1 N–H and O–H groups in total. The van der Waals surface area contributed by atoms with Crippen molar-refractivity contribution in [2.24, 2.45) is 0 Å². The van der Waals surface area contributed by atoms with Gasteiger partial charge in [-0.2, -0.15) is 0 Å². The number of rotatable bonds is 10. The molecule has 0 aromatic heterocycles. The van der Waals surface area contributed by atoms with Gasteiger partial charge in [0.15, 0.2) is 0 Å². The number of aryl methyl sites for hydroxylation is 1. The Hall–Kier alpha value is -3.07. The van der Waals surface area contributed by atoms with Crippen molar-refractivity contribution in [1.29, 1.82) is 0 Å². The summed E-state index contributed by atoms with van der Waals surface area (Å²) in [7, 11) is -4.19. The Morgan fingerprint density at radius 2 is 1.55 bits per heavy atom. The molecular weight excluding hydrogens is 569 g/mol. The van der Waals surface area contributed by atoms with Crippen LogP contribution >= 0.6 is 23.2 Å². The van der Waals surface area contributed by atoms with Crippen LogP contribution in [0, 0.1) is 6.92 Å². The van der Waals surface area contributed by atoms with Gasteiger partial charge in [0.2, 0.25) is 11.8 Å². The number of nitrogens with zero attached hydrogens (tertiary/aromatic N) is 2. The van der Waals surface area contributed by atoms with Crippen LogP contribution in [0.5, 0.6) is 0 Å². The molecule has 0 spiro atoms. The van der Waals surface area contributed by atoms with Gasteiger partial charge in [-0.1, -0.05) is 78.5 Å². The molecule has 3 aromatic rings. The maximum Gasteiger partial charge on any atom is 0.264 e. The van der Waals surface area contributed by atoms with Crippen molar-refractivity contribution in [3.05, 3.63) is 94.0 Å². The van der Waals surface area contributed by atoms with Crippen LogP contribution in [-0.4, -0.2) is 43.8 Å². The van der Waals surface area contributed by atoms with Gasteiger partial charge in [0, 0.05) is 22.6 Å². The highest BCUT2D eigenvalue weighted by atomic mass is 35.5. The van der Waals surface area contributed by atoms with Crippen LogP contribution in [0.25, 0.3) is 0 Å². The molecule has 4 rings (SSSR count). The average molecular weight is 603 g/mol. The van der Waals surface area contributed by atoms with Crippen molar-refractivity contribution in [1.82, 2.24) is 10.2 Å². The number of amides is 2. The van der Waals surface area contributed by atoms with Gasteiger partial charge in [0.05, 0.1) is 10.6 Å². The summed E-state index contributed by atoms with van der Waals surface area (Å²) in [4.78, 5) is 28.8. The third kappa shape index (κ3) is 7.16. The number of nitrogens with one attached hydrogen (secondary N) is 1. The molecule has 3 aromatic carbocycles. The minimum Gasteiger partial charge on any atom is -0.352 e. The minimum absolute atomic E-state index is 0.0105. The van der Waals surface area contributed by atoms with Crippen LogP contribution in [0.1, 0.15) is 43.7 Å².